The number of benzene rings is 1. The van der Waals surface area contributed by atoms with Crippen LogP contribution in [-0.2, 0) is 4.79 Å². The molecule has 1 N–H and O–H groups in total. The fourth-order valence-corrected chi connectivity index (χ4v) is 1.98. The van der Waals surface area contributed by atoms with E-state index in [-0.39, 0.29) is 5.91 Å². The van der Waals surface area contributed by atoms with Crippen LogP contribution in [0.5, 0.6) is 5.75 Å². The Labute approximate surface area is 115 Å². The van der Waals surface area contributed by atoms with Gasteiger partial charge in [-0.15, -0.1) is 0 Å². The Morgan fingerprint density at radius 2 is 1.74 bits per heavy atom. The average molecular weight is 264 g/mol. The Morgan fingerprint density at radius 1 is 1.16 bits per heavy atom. The Morgan fingerprint density at radius 3 is 2.21 bits per heavy atom. The summed E-state index contributed by atoms with van der Waals surface area (Å²) in [6, 6.07) is 7.37. The molecule has 0 unspecified atom stereocenters. The number of ether oxygens (including phenoxy) is 1. The molecule has 1 aromatic rings. The molecule has 0 radical (unpaired) electrons. The van der Waals surface area contributed by atoms with Crippen molar-refractivity contribution in [3.8, 4) is 5.75 Å². The van der Waals surface area contributed by atoms with E-state index in [9.17, 15) is 4.79 Å². The molecule has 0 saturated carbocycles. The van der Waals surface area contributed by atoms with Gasteiger partial charge in [0.1, 0.15) is 5.75 Å². The number of rotatable bonds is 8. The van der Waals surface area contributed by atoms with E-state index in [1.54, 1.807) is 7.11 Å². The Kier molecular flexibility index (Phi) is 6.97. The lowest BCUT2D eigenvalue weighted by Gasteiger charge is -2.20. The Hall–Kier alpha value is -1.55. The standard InChI is InChI=1S/C15H24N2O2/c1-4-10-17(11-5-2)12-15(18)16-13-6-8-14(19-3)9-7-13/h6-9H,4-5,10-12H2,1-3H3,(H,16,18). The van der Waals surface area contributed by atoms with E-state index in [1.807, 2.05) is 24.3 Å². The average Bonchev–Trinajstić information content (AvgIpc) is 2.40. The van der Waals surface area contributed by atoms with Crippen LogP contribution in [0.25, 0.3) is 0 Å². The lowest BCUT2D eigenvalue weighted by Crippen LogP contribution is -2.34. The van der Waals surface area contributed by atoms with Gasteiger partial charge in [0, 0.05) is 5.69 Å². The van der Waals surface area contributed by atoms with E-state index < -0.39 is 0 Å². The first-order chi connectivity index (χ1) is 9.19. The van der Waals surface area contributed by atoms with E-state index in [0.717, 1.165) is 37.4 Å². The predicted molar refractivity (Wildman–Crippen MR) is 78.6 cm³/mol. The zero-order valence-electron chi connectivity index (χ0n) is 12.1. The van der Waals surface area contributed by atoms with Crippen molar-refractivity contribution in [2.45, 2.75) is 26.7 Å². The molecular formula is C15H24N2O2. The highest BCUT2D eigenvalue weighted by Crippen LogP contribution is 2.14. The maximum absolute atomic E-state index is 11.9. The van der Waals surface area contributed by atoms with Gasteiger partial charge in [-0.05, 0) is 50.2 Å². The number of methoxy groups -OCH3 is 1. The van der Waals surface area contributed by atoms with Gasteiger partial charge in [0.25, 0.3) is 0 Å². The van der Waals surface area contributed by atoms with E-state index in [1.165, 1.54) is 0 Å². The van der Waals surface area contributed by atoms with Gasteiger partial charge in [0.2, 0.25) is 5.91 Å². The van der Waals surface area contributed by atoms with Crippen LogP contribution in [0.15, 0.2) is 24.3 Å². The molecule has 0 aromatic heterocycles. The summed E-state index contributed by atoms with van der Waals surface area (Å²) in [5, 5.41) is 2.90. The second-order valence-electron chi connectivity index (χ2n) is 4.55. The molecule has 1 rings (SSSR count). The molecule has 106 valence electrons. The number of anilines is 1. The summed E-state index contributed by atoms with van der Waals surface area (Å²) in [6.07, 6.45) is 2.13. The maximum atomic E-state index is 11.9. The molecule has 0 spiro atoms. The molecule has 1 aromatic carbocycles. The zero-order chi connectivity index (χ0) is 14.1. The van der Waals surface area contributed by atoms with Gasteiger partial charge in [-0.1, -0.05) is 13.8 Å². The van der Waals surface area contributed by atoms with Gasteiger partial charge >= 0.3 is 0 Å². The molecule has 0 heterocycles. The SMILES string of the molecule is CCCN(CCC)CC(=O)Nc1ccc(OC)cc1. The smallest absolute Gasteiger partial charge is 0.238 e. The van der Waals surface area contributed by atoms with E-state index in [0.29, 0.717) is 6.54 Å². The molecule has 4 heteroatoms. The Bertz CT molecular complexity index is 370. The summed E-state index contributed by atoms with van der Waals surface area (Å²) in [5.41, 5.74) is 0.804. The van der Waals surface area contributed by atoms with Crippen LogP contribution in [0.1, 0.15) is 26.7 Å². The minimum absolute atomic E-state index is 0.0343. The monoisotopic (exact) mass is 264 g/mol. The van der Waals surface area contributed by atoms with Crippen molar-refractivity contribution in [1.82, 2.24) is 4.90 Å². The zero-order valence-corrected chi connectivity index (χ0v) is 12.1. The number of hydrogen-bond acceptors (Lipinski definition) is 3. The molecule has 0 saturated heterocycles. The highest BCUT2D eigenvalue weighted by atomic mass is 16.5. The van der Waals surface area contributed by atoms with Crippen molar-refractivity contribution >= 4 is 11.6 Å². The normalized spacial score (nSPS) is 10.5. The number of amides is 1. The summed E-state index contributed by atoms with van der Waals surface area (Å²) < 4.78 is 5.08. The third-order valence-corrected chi connectivity index (χ3v) is 2.82. The molecule has 1 amide bonds. The van der Waals surface area contributed by atoms with Crippen LogP contribution in [0, 0.1) is 0 Å². The first-order valence-corrected chi connectivity index (χ1v) is 6.85. The molecule has 0 aliphatic rings. The van der Waals surface area contributed by atoms with Crippen LogP contribution >= 0.6 is 0 Å². The highest BCUT2D eigenvalue weighted by molar-refractivity contribution is 5.92. The minimum atomic E-state index is 0.0343. The first kappa shape index (κ1) is 15.5. The summed E-state index contributed by atoms with van der Waals surface area (Å²) >= 11 is 0. The highest BCUT2D eigenvalue weighted by Gasteiger charge is 2.09. The third kappa shape index (κ3) is 5.75. The lowest BCUT2D eigenvalue weighted by atomic mass is 10.3. The second kappa shape index (κ2) is 8.53. The first-order valence-electron chi connectivity index (χ1n) is 6.85. The largest absolute Gasteiger partial charge is 0.497 e. The van der Waals surface area contributed by atoms with Gasteiger partial charge in [0.05, 0.1) is 13.7 Å². The number of carbonyl (C=O) groups is 1. The maximum Gasteiger partial charge on any atom is 0.238 e. The van der Waals surface area contributed by atoms with Crippen molar-refractivity contribution in [1.29, 1.82) is 0 Å². The second-order valence-corrected chi connectivity index (χ2v) is 4.55. The number of carbonyl (C=O) groups excluding carboxylic acids is 1. The molecule has 4 nitrogen and oxygen atoms in total. The summed E-state index contributed by atoms with van der Waals surface area (Å²) in [4.78, 5) is 14.1. The molecule has 0 fully saturated rings. The number of hydrogen-bond donors (Lipinski definition) is 1. The van der Waals surface area contributed by atoms with Crippen LogP contribution < -0.4 is 10.1 Å². The van der Waals surface area contributed by atoms with Gasteiger partial charge in [0.15, 0.2) is 0 Å². The lowest BCUT2D eigenvalue weighted by molar-refractivity contribution is -0.117. The van der Waals surface area contributed by atoms with Crippen molar-refractivity contribution in [2.24, 2.45) is 0 Å². The van der Waals surface area contributed by atoms with Crippen molar-refractivity contribution in [3.63, 3.8) is 0 Å². The Balaban J connectivity index is 2.48. The molecule has 0 aliphatic carbocycles. The van der Waals surface area contributed by atoms with Gasteiger partial charge in [-0.3, -0.25) is 9.69 Å². The topological polar surface area (TPSA) is 41.6 Å². The van der Waals surface area contributed by atoms with Crippen LogP contribution in [-0.4, -0.2) is 37.6 Å². The minimum Gasteiger partial charge on any atom is -0.497 e. The summed E-state index contributed by atoms with van der Waals surface area (Å²) in [7, 11) is 1.63. The van der Waals surface area contributed by atoms with Gasteiger partial charge < -0.3 is 10.1 Å². The van der Waals surface area contributed by atoms with Gasteiger partial charge in [-0.25, -0.2) is 0 Å². The van der Waals surface area contributed by atoms with Crippen molar-refractivity contribution in [2.75, 3.05) is 32.1 Å². The predicted octanol–water partition coefficient (Wildman–Crippen LogP) is 2.76. The van der Waals surface area contributed by atoms with Gasteiger partial charge in [-0.2, -0.15) is 0 Å². The fourth-order valence-electron chi connectivity index (χ4n) is 1.98. The quantitative estimate of drug-likeness (QED) is 0.785. The molecule has 0 aliphatic heterocycles. The molecule has 0 bridgehead atoms. The van der Waals surface area contributed by atoms with Crippen molar-refractivity contribution in [3.05, 3.63) is 24.3 Å². The fraction of sp³-hybridized carbons (Fsp3) is 0.533. The summed E-state index contributed by atoms with van der Waals surface area (Å²) in [5.74, 6) is 0.823. The van der Waals surface area contributed by atoms with Crippen molar-refractivity contribution < 1.29 is 9.53 Å². The van der Waals surface area contributed by atoms with E-state index in [4.69, 9.17) is 4.74 Å². The van der Waals surface area contributed by atoms with E-state index in [2.05, 4.69) is 24.1 Å². The molecule has 0 atom stereocenters. The molecule has 19 heavy (non-hydrogen) atoms. The third-order valence-electron chi connectivity index (χ3n) is 2.82. The molecular weight excluding hydrogens is 240 g/mol. The van der Waals surface area contributed by atoms with Crippen LogP contribution in [0.4, 0.5) is 5.69 Å². The van der Waals surface area contributed by atoms with Crippen LogP contribution in [0.2, 0.25) is 0 Å². The number of nitrogens with zero attached hydrogens (tertiary/aromatic N) is 1. The van der Waals surface area contributed by atoms with Crippen LogP contribution in [0.3, 0.4) is 0 Å². The van der Waals surface area contributed by atoms with E-state index >= 15 is 0 Å². The summed E-state index contributed by atoms with van der Waals surface area (Å²) in [6.45, 7) is 6.63. The number of nitrogens with one attached hydrogen (secondary N) is 1.